The Labute approximate surface area is 107 Å². The van der Waals surface area contributed by atoms with Crippen LogP contribution in [0.3, 0.4) is 0 Å². The Hall–Kier alpha value is 0.500. The Morgan fingerprint density at radius 2 is 2.38 bits per heavy atom. The summed E-state index contributed by atoms with van der Waals surface area (Å²) in [5, 5.41) is 0. The zero-order chi connectivity index (χ0) is 13.3. The van der Waals surface area contributed by atoms with E-state index < -0.39 is 8.03 Å². The molecule has 89 valence electrons. The van der Waals surface area contributed by atoms with Crippen LogP contribution in [0.15, 0.2) is 0 Å². The normalized spacial score (nSPS) is 17.6. The quantitative estimate of drug-likeness (QED) is 0.260. The topological polar surface area (TPSA) is 35.5 Å². The molecule has 16 heavy (non-hydrogen) atoms. The molecule has 0 aliphatic carbocycles. The molecule has 3 radical (unpaired) electrons. The average molecular weight is 261 g/mol. The van der Waals surface area contributed by atoms with Crippen molar-refractivity contribution in [2.45, 2.75) is 38.9 Å². The molecule has 0 N–H and O–H groups in total. The highest BCUT2D eigenvalue weighted by atomic mass is 32.2. The molecule has 0 aliphatic rings. The van der Waals surface area contributed by atoms with Crippen LogP contribution < -0.4 is 0 Å². The summed E-state index contributed by atoms with van der Waals surface area (Å²) < 4.78 is 17.9. The van der Waals surface area contributed by atoms with Crippen LogP contribution in [-0.4, -0.2) is 41.1 Å². The second-order valence-electron chi connectivity index (χ2n) is 3.89. The standard InChI is InChI=1S/C9H18B2O3PS/c1-7(2)9(13-15(3)10)6-8(4-5-12)14-16-11/h5,7-9,11H,4,6H2,1-3H3/t8-,9+,15?/m0/s1/i11T. The van der Waals surface area contributed by atoms with Crippen molar-refractivity contribution in [2.75, 3.05) is 6.66 Å². The molecule has 0 aromatic heterocycles. The van der Waals surface area contributed by atoms with E-state index in [1.165, 1.54) is 0 Å². The Kier molecular flexibility index (Phi) is 8.67. The van der Waals surface area contributed by atoms with Crippen molar-refractivity contribution in [2.24, 2.45) is 5.92 Å². The SMILES string of the molecule is [3H][B]SO[C@@H](CC=O)C[C@@H](OP([B])C)C(C)C. The number of carbonyl (C=O) groups is 1. The number of carbonyl (C=O) groups excluding carboxylic acids is 1. The third-order valence-corrected chi connectivity index (χ3v) is 3.08. The van der Waals surface area contributed by atoms with E-state index in [2.05, 4.69) is 0 Å². The summed E-state index contributed by atoms with van der Waals surface area (Å²) in [7, 11) is 5.85. The molecule has 0 saturated carbocycles. The molecular weight excluding hydrogens is 241 g/mol. The van der Waals surface area contributed by atoms with Crippen molar-refractivity contribution >= 4 is 40.9 Å². The van der Waals surface area contributed by atoms with E-state index in [1.807, 2.05) is 20.5 Å². The van der Waals surface area contributed by atoms with Gasteiger partial charge in [-0.15, -0.1) is 0 Å². The second-order valence-corrected chi connectivity index (χ2v) is 5.57. The monoisotopic (exact) mass is 261 g/mol. The van der Waals surface area contributed by atoms with Crippen LogP contribution in [0.25, 0.3) is 0 Å². The molecule has 0 aliphatic heterocycles. The molecule has 0 rings (SSSR count). The van der Waals surface area contributed by atoms with E-state index in [0.29, 0.717) is 18.8 Å². The highest BCUT2D eigenvalue weighted by molar-refractivity contribution is 8.15. The van der Waals surface area contributed by atoms with Gasteiger partial charge in [-0.05, 0) is 21.9 Å². The summed E-state index contributed by atoms with van der Waals surface area (Å²) >= 11 is 0.930. The van der Waals surface area contributed by atoms with Gasteiger partial charge in [0, 0.05) is 12.8 Å². The molecule has 0 saturated heterocycles. The fourth-order valence-electron chi connectivity index (χ4n) is 1.27. The van der Waals surface area contributed by atoms with Gasteiger partial charge in [0.1, 0.15) is 13.9 Å². The number of rotatable bonds is 10. The van der Waals surface area contributed by atoms with Gasteiger partial charge < -0.3 is 13.5 Å². The highest BCUT2D eigenvalue weighted by Gasteiger charge is 2.21. The number of aldehydes is 1. The highest BCUT2D eigenvalue weighted by Crippen LogP contribution is 2.32. The molecule has 0 spiro atoms. The minimum absolute atomic E-state index is 0.0209. The maximum Gasteiger partial charge on any atom is 0.209 e. The number of hydrogen-bond donors (Lipinski definition) is 0. The zero-order valence-electron chi connectivity index (χ0n) is 11.0. The lowest BCUT2D eigenvalue weighted by molar-refractivity contribution is -0.109. The van der Waals surface area contributed by atoms with Crippen molar-refractivity contribution < 1.29 is 13.5 Å². The van der Waals surface area contributed by atoms with Gasteiger partial charge in [-0.25, -0.2) is 0 Å². The Morgan fingerprint density at radius 1 is 1.69 bits per heavy atom. The maximum absolute atomic E-state index is 10.5. The van der Waals surface area contributed by atoms with Crippen LogP contribution in [0, 0.1) is 5.92 Å². The van der Waals surface area contributed by atoms with E-state index in [9.17, 15) is 4.79 Å². The Balaban J connectivity index is 4.27. The molecular formula is C9H18B2O3PS. The van der Waals surface area contributed by atoms with Crippen LogP contribution in [0.4, 0.5) is 0 Å². The summed E-state index contributed by atoms with van der Waals surface area (Å²) in [5.74, 6) is 0.311. The first-order chi connectivity index (χ1) is 8.01. The van der Waals surface area contributed by atoms with E-state index >= 15 is 0 Å². The fourth-order valence-corrected chi connectivity index (χ4v) is 2.34. The van der Waals surface area contributed by atoms with Crippen molar-refractivity contribution in [3.8, 4) is 0 Å². The maximum atomic E-state index is 10.5. The fraction of sp³-hybridized carbons (Fsp3) is 0.889. The summed E-state index contributed by atoms with van der Waals surface area (Å²) in [4.78, 5) is 10.5. The molecule has 3 nitrogen and oxygen atoms in total. The molecule has 0 bridgehead atoms. The summed E-state index contributed by atoms with van der Waals surface area (Å²) in [6, 6.07) is 0. The smallest absolute Gasteiger partial charge is 0.209 e. The molecule has 3 atom stereocenters. The van der Waals surface area contributed by atoms with Crippen LogP contribution in [0.1, 0.15) is 26.7 Å². The largest absolute Gasteiger partial charge is 0.367 e. The molecule has 0 aromatic rings. The van der Waals surface area contributed by atoms with Crippen LogP contribution in [0.2, 0.25) is 0 Å². The van der Waals surface area contributed by atoms with Gasteiger partial charge in [0.05, 0.1) is 12.2 Å². The third kappa shape index (κ3) is 7.72. The van der Waals surface area contributed by atoms with Crippen molar-refractivity contribution in [1.82, 2.24) is 0 Å². The lowest BCUT2D eigenvalue weighted by Gasteiger charge is -2.27. The van der Waals surface area contributed by atoms with E-state index in [-0.39, 0.29) is 12.2 Å². The lowest BCUT2D eigenvalue weighted by atomic mass is 10.0. The first-order valence-corrected chi connectivity index (χ1v) is 7.70. The first kappa shape index (κ1) is 14.6. The summed E-state index contributed by atoms with van der Waals surface area (Å²) in [5.41, 5.74) is 0. The van der Waals surface area contributed by atoms with Crippen molar-refractivity contribution in [3.05, 3.63) is 0 Å². The number of hydrogen-bond acceptors (Lipinski definition) is 4. The van der Waals surface area contributed by atoms with Crippen LogP contribution in [-0.2, 0) is 13.5 Å². The van der Waals surface area contributed by atoms with Crippen LogP contribution >= 0.6 is 19.9 Å². The van der Waals surface area contributed by atoms with Crippen molar-refractivity contribution in [1.29, 1.82) is 1.34 Å². The minimum atomic E-state index is -0.921. The lowest BCUT2D eigenvalue weighted by Crippen LogP contribution is -2.25. The molecule has 0 fully saturated rings. The average Bonchev–Trinajstić information content (AvgIpc) is 2.24. The predicted molar refractivity (Wildman–Crippen MR) is 73.2 cm³/mol. The van der Waals surface area contributed by atoms with Gasteiger partial charge in [-0.2, -0.15) is 0 Å². The van der Waals surface area contributed by atoms with Gasteiger partial charge in [0.2, 0.25) is 7.09 Å². The Bertz CT molecular complexity index is 213. The van der Waals surface area contributed by atoms with Gasteiger partial charge in [-0.1, -0.05) is 25.7 Å². The molecule has 0 amide bonds. The van der Waals surface area contributed by atoms with E-state index in [0.717, 1.165) is 25.3 Å². The van der Waals surface area contributed by atoms with Crippen molar-refractivity contribution in [3.63, 3.8) is 0 Å². The predicted octanol–water partition coefficient (Wildman–Crippen LogP) is 1.97. The van der Waals surface area contributed by atoms with Gasteiger partial charge in [-0.3, -0.25) is 0 Å². The van der Waals surface area contributed by atoms with Gasteiger partial charge >= 0.3 is 0 Å². The zero-order valence-corrected chi connectivity index (χ0v) is 11.7. The molecule has 1 unspecified atom stereocenters. The van der Waals surface area contributed by atoms with E-state index in [1.54, 1.807) is 0 Å². The molecule has 7 heteroatoms. The molecule has 0 heterocycles. The van der Waals surface area contributed by atoms with Gasteiger partial charge in [0.25, 0.3) is 0 Å². The van der Waals surface area contributed by atoms with Gasteiger partial charge in [0.15, 0.2) is 0 Å². The second kappa shape index (κ2) is 9.52. The Morgan fingerprint density at radius 3 is 2.81 bits per heavy atom. The third-order valence-electron chi connectivity index (χ3n) is 2.09. The van der Waals surface area contributed by atoms with E-state index in [4.69, 9.17) is 17.6 Å². The minimum Gasteiger partial charge on any atom is -0.367 e. The van der Waals surface area contributed by atoms with Crippen LogP contribution in [0.5, 0.6) is 0 Å². The summed E-state index contributed by atoms with van der Waals surface area (Å²) in [6.07, 6.45) is 1.48. The molecule has 0 aromatic carbocycles. The first-order valence-electron chi connectivity index (χ1n) is 5.70. The summed E-state index contributed by atoms with van der Waals surface area (Å²) in [6.45, 7) is 5.93.